The fraction of sp³-hybridized carbons (Fsp3) is 0.588. The van der Waals surface area contributed by atoms with Gasteiger partial charge in [-0.25, -0.2) is 0 Å². The highest BCUT2D eigenvalue weighted by molar-refractivity contribution is 5.86. The Kier molecular flexibility index (Phi) is 5.01. The van der Waals surface area contributed by atoms with Crippen molar-refractivity contribution in [1.82, 2.24) is 10.2 Å². The van der Waals surface area contributed by atoms with Gasteiger partial charge < -0.3 is 10.6 Å². The highest BCUT2D eigenvalue weighted by Gasteiger charge is 2.40. The molecule has 3 N–H and O–H groups in total. The van der Waals surface area contributed by atoms with Crippen molar-refractivity contribution in [1.29, 1.82) is 0 Å². The number of nitrogens with two attached hydrogens (primary N) is 1. The summed E-state index contributed by atoms with van der Waals surface area (Å²) >= 11 is 0. The number of carbonyl (C=O) groups excluding carboxylic acids is 1. The Morgan fingerprint density at radius 2 is 2.00 bits per heavy atom. The monoisotopic (exact) mass is 289 g/mol. The number of carbonyl (C=O) groups is 1. The van der Waals surface area contributed by atoms with Crippen LogP contribution in [0.15, 0.2) is 30.3 Å². The second-order valence-corrected chi connectivity index (χ2v) is 6.57. The summed E-state index contributed by atoms with van der Waals surface area (Å²) < 4.78 is 0. The van der Waals surface area contributed by atoms with Crippen molar-refractivity contribution in [3.63, 3.8) is 0 Å². The summed E-state index contributed by atoms with van der Waals surface area (Å²) in [7, 11) is 2.07. The Hall–Kier alpha value is -1.39. The zero-order valence-electron chi connectivity index (χ0n) is 13.3. The van der Waals surface area contributed by atoms with Crippen LogP contribution >= 0.6 is 0 Å². The van der Waals surface area contributed by atoms with Gasteiger partial charge in [0.15, 0.2) is 0 Å². The molecule has 0 heterocycles. The maximum atomic E-state index is 12.3. The molecule has 0 bridgehead atoms. The lowest BCUT2D eigenvalue weighted by molar-refractivity contribution is -0.126. The molecule has 0 aliphatic heterocycles. The second kappa shape index (κ2) is 6.58. The van der Waals surface area contributed by atoms with E-state index >= 15 is 0 Å². The first-order chi connectivity index (χ1) is 9.94. The molecule has 1 atom stereocenters. The topological polar surface area (TPSA) is 58.4 Å². The van der Waals surface area contributed by atoms with Crippen molar-refractivity contribution in [3.05, 3.63) is 35.9 Å². The Morgan fingerprint density at radius 3 is 2.48 bits per heavy atom. The van der Waals surface area contributed by atoms with Gasteiger partial charge in [-0.2, -0.15) is 0 Å². The van der Waals surface area contributed by atoms with Crippen molar-refractivity contribution < 1.29 is 4.79 Å². The van der Waals surface area contributed by atoms with Gasteiger partial charge in [-0.05, 0) is 45.2 Å². The Balaban J connectivity index is 2.27. The first-order valence-corrected chi connectivity index (χ1v) is 7.75. The molecule has 0 aromatic heterocycles. The molecule has 0 spiro atoms. The quantitative estimate of drug-likeness (QED) is 0.766. The van der Waals surface area contributed by atoms with E-state index < -0.39 is 5.54 Å². The van der Waals surface area contributed by atoms with E-state index in [0.717, 1.165) is 18.0 Å². The molecule has 21 heavy (non-hydrogen) atoms. The third-order valence-electron chi connectivity index (χ3n) is 4.00. The van der Waals surface area contributed by atoms with Gasteiger partial charge in [-0.15, -0.1) is 0 Å². The molecule has 1 amide bonds. The zero-order valence-corrected chi connectivity index (χ0v) is 13.3. The minimum Gasteiger partial charge on any atom is -0.368 e. The summed E-state index contributed by atoms with van der Waals surface area (Å²) in [6.45, 7) is 5.71. The third kappa shape index (κ3) is 4.05. The molecule has 1 unspecified atom stereocenters. The second-order valence-electron chi connectivity index (χ2n) is 6.57. The molecular weight excluding hydrogens is 262 g/mol. The molecule has 4 nitrogen and oxygen atoms in total. The summed E-state index contributed by atoms with van der Waals surface area (Å²) in [6.07, 6.45) is 2.60. The standard InChI is InChI=1S/C17H27N3O/c1-13(2)19-17(16(18)21,15-7-5-4-6-8-15)12-20(3)11-14-9-10-14/h4-8,13-14,19H,9-12H2,1-3H3,(H2,18,21). The number of benzene rings is 1. The van der Waals surface area contributed by atoms with Gasteiger partial charge in [0.05, 0.1) is 0 Å². The van der Waals surface area contributed by atoms with Crippen LogP contribution in [0.4, 0.5) is 0 Å². The molecule has 1 aliphatic carbocycles. The smallest absolute Gasteiger partial charge is 0.243 e. The molecule has 0 saturated heterocycles. The maximum Gasteiger partial charge on any atom is 0.243 e. The number of amides is 1. The Labute approximate surface area is 127 Å². The van der Waals surface area contributed by atoms with Gasteiger partial charge >= 0.3 is 0 Å². The van der Waals surface area contributed by atoms with Crippen LogP contribution in [0.25, 0.3) is 0 Å². The summed E-state index contributed by atoms with van der Waals surface area (Å²) in [4.78, 5) is 14.6. The van der Waals surface area contributed by atoms with Gasteiger partial charge in [0.1, 0.15) is 5.54 Å². The van der Waals surface area contributed by atoms with Gasteiger partial charge in [0, 0.05) is 19.1 Å². The average molecular weight is 289 g/mol. The molecule has 116 valence electrons. The van der Waals surface area contributed by atoms with E-state index in [4.69, 9.17) is 5.73 Å². The van der Waals surface area contributed by atoms with Crippen LogP contribution in [0.3, 0.4) is 0 Å². The minimum absolute atomic E-state index is 0.173. The lowest BCUT2D eigenvalue weighted by Gasteiger charge is -2.37. The summed E-state index contributed by atoms with van der Waals surface area (Å²) in [5, 5.41) is 3.42. The first-order valence-electron chi connectivity index (χ1n) is 7.75. The normalized spacial score (nSPS) is 18.0. The van der Waals surface area contributed by atoms with Crippen molar-refractivity contribution in [2.75, 3.05) is 20.1 Å². The first kappa shape index (κ1) is 16.0. The molecule has 1 aliphatic rings. The highest BCUT2D eigenvalue weighted by Crippen LogP contribution is 2.31. The number of primary amides is 1. The molecule has 1 aromatic carbocycles. The number of rotatable bonds is 8. The number of likely N-dealkylation sites (N-methyl/N-ethyl adjacent to an activating group) is 1. The molecular formula is C17H27N3O. The Bertz CT molecular complexity index is 470. The van der Waals surface area contributed by atoms with Gasteiger partial charge in [-0.3, -0.25) is 10.1 Å². The van der Waals surface area contributed by atoms with Crippen LogP contribution in [0.1, 0.15) is 32.3 Å². The average Bonchev–Trinajstić information content (AvgIpc) is 3.21. The SMILES string of the molecule is CC(C)NC(CN(C)CC1CC1)(C(N)=O)c1ccccc1. The third-order valence-corrected chi connectivity index (χ3v) is 4.00. The van der Waals surface area contributed by atoms with Crippen molar-refractivity contribution in [3.8, 4) is 0 Å². The minimum atomic E-state index is -0.834. The number of nitrogens with one attached hydrogen (secondary N) is 1. The maximum absolute atomic E-state index is 12.3. The lowest BCUT2D eigenvalue weighted by atomic mass is 9.87. The van der Waals surface area contributed by atoms with E-state index in [1.807, 2.05) is 44.2 Å². The predicted molar refractivity (Wildman–Crippen MR) is 85.8 cm³/mol. The van der Waals surface area contributed by atoms with E-state index in [-0.39, 0.29) is 11.9 Å². The van der Waals surface area contributed by atoms with Crippen LogP contribution in [0.5, 0.6) is 0 Å². The molecule has 2 rings (SSSR count). The van der Waals surface area contributed by atoms with Crippen molar-refractivity contribution in [2.24, 2.45) is 11.7 Å². The zero-order chi connectivity index (χ0) is 15.5. The van der Waals surface area contributed by atoms with Crippen LogP contribution < -0.4 is 11.1 Å². The Morgan fingerprint density at radius 1 is 1.38 bits per heavy atom. The lowest BCUT2D eigenvalue weighted by Crippen LogP contribution is -2.60. The van der Waals surface area contributed by atoms with Gasteiger partial charge in [0.25, 0.3) is 0 Å². The molecule has 1 fully saturated rings. The van der Waals surface area contributed by atoms with E-state index in [9.17, 15) is 4.79 Å². The van der Waals surface area contributed by atoms with Crippen LogP contribution in [0.2, 0.25) is 0 Å². The number of hydrogen-bond acceptors (Lipinski definition) is 3. The number of hydrogen-bond donors (Lipinski definition) is 2. The van der Waals surface area contributed by atoms with E-state index in [1.54, 1.807) is 0 Å². The fourth-order valence-corrected chi connectivity index (χ4v) is 2.94. The van der Waals surface area contributed by atoms with E-state index in [2.05, 4.69) is 17.3 Å². The van der Waals surface area contributed by atoms with Crippen LogP contribution in [0, 0.1) is 5.92 Å². The summed E-state index contributed by atoms with van der Waals surface area (Å²) in [5.41, 5.74) is 5.92. The summed E-state index contributed by atoms with van der Waals surface area (Å²) in [5.74, 6) is 0.473. The molecule has 1 aromatic rings. The van der Waals surface area contributed by atoms with E-state index in [1.165, 1.54) is 12.8 Å². The van der Waals surface area contributed by atoms with E-state index in [0.29, 0.717) is 6.54 Å². The largest absolute Gasteiger partial charge is 0.368 e. The van der Waals surface area contributed by atoms with Crippen LogP contribution in [-0.4, -0.2) is 37.0 Å². The van der Waals surface area contributed by atoms with Crippen LogP contribution in [-0.2, 0) is 10.3 Å². The fourth-order valence-electron chi connectivity index (χ4n) is 2.94. The summed E-state index contributed by atoms with van der Waals surface area (Å²) in [6, 6.07) is 9.99. The molecule has 4 heteroatoms. The highest BCUT2D eigenvalue weighted by atomic mass is 16.1. The van der Waals surface area contributed by atoms with Crippen molar-refractivity contribution in [2.45, 2.75) is 38.3 Å². The van der Waals surface area contributed by atoms with Gasteiger partial charge in [-0.1, -0.05) is 30.3 Å². The molecule has 0 radical (unpaired) electrons. The predicted octanol–water partition coefficient (Wildman–Crippen LogP) is 1.71. The molecule has 1 saturated carbocycles. The van der Waals surface area contributed by atoms with Gasteiger partial charge in [0.2, 0.25) is 5.91 Å². The van der Waals surface area contributed by atoms with Crippen molar-refractivity contribution >= 4 is 5.91 Å². The number of nitrogens with zero attached hydrogens (tertiary/aromatic N) is 1.